The Bertz CT molecular complexity index is 384. The van der Waals surface area contributed by atoms with Crippen LogP contribution in [0.3, 0.4) is 0 Å². The van der Waals surface area contributed by atoms with Gasteiger partial charge in [0.25, 0.3) is 0 Å². The zero-order valence-corrected chi connectivity index (χ0v) is 13.8. The zero-order chi connectivity index (χ0) is 13.6. The fourth-order valence-electron chi connectivity index (χ4n) is 2.94. The van der Waals surface area contributed by atoms with Crippen molar-refractivity contribution in [2.24, 2.45) is 0 Å². The lowest BCUT2D eigenvalue weighted by Gasteiger charge is -2.43. The first-order chi connectivity index (χ1) is 8.25. The summed E-state index contributed by atoms with van der Waals surface area (Å²) in [5.41, 5.74) is 2.39. The Balaban J connectivity index is 2.14. The van der Waals surface area contributed by atoms with Gasteiger partial charge in [-0.3, -0.25) is 0 Å². The van der Waals surface area contributed by atoms with E-state index in [1.54, 1.807) is 0 Å². The number of hydrogen-bond donors (Lipinski definition) is 0. The molecule has 0 aromatic carbocycles. The van der Waals surface area contributed by atoms with Crippen LogP contribution in [0.15, 0.2) is 23.8 Å². The highest BCUT2D eigenvalue weighted by molar-refractivity contribution is 9.09. The Labute approximate surface area is 124 Å². The van der Waals surface area contributed by atoms with Crippen LogP contribution in [0, 0.1) is 0 Å². The predicted molar refractivity (Wildman–Crippen MR) is 81.6 cm³/mol. The lowest BCUT2D eigenvalue weighted by molar-refractivity contribution is -0.0340. The SMILES string of the molecule is C=C1C[C@H](C=C(C)C)O[C@@]12CC[C@](C)(Cl)[C@@H](Br)C2. The van der Waals surface area contributed by atoms with Gasteiger partial charge in [-0.25, -0.2) is 0 Å². The summed E-state index contributed by atoms with van der Waals surface area (Å²) in [6.07, 6.45) is 6.23. The van der Waals surface area contributed by atoms with E-state index >= 15 is 0 Å². The second kappa shape index (κ2) is 4.96. The van der Waals surface area contributed by atoms with Gasteiger partial charge >= 0.3 is 0 Å². The van der Waals surface area contributed by atoms with E-state index in [0.29, 0.717) is 0 Å². The number of halogens is 2. The van der Waals surface area contributed by atoms with E-state index in [-0.39, 0.29) is 21.4 Å². The minimum atomic E-state index is -0.163. The van der Waals surface area contributed by atoms with Gasteiger partial charge in [-0.1, -0.05) is 34.2 Å². The molecule has 3 heteroatoms. The molecule has 1 aliphatic heterocycles. The second-order valence-corrected chi connectivity index (χ2v) is 8.12. The van der Waals surface area contributed by atoms with Crippen molar-refractivity contribution in [1.29, 1.82) is 0 Å². The van der Waals surface area contributed by atoms with Crippen molar-refractivity contribution in [2.45, 2.75) is 67.9 Å². The van der Waals surface area contributed by atoms with Gasteiger partial charge in [0.05, 0.1) is 16.6 Å². The molecule has 0 unspecified atom stereocenters. The largest absolute Gasteiger partial charge is 0.363 e. The molecule has 0 aromatic rings. The van der Waals surface area contributed by atoms with Crippen LogP contribution in [-0.2, 0) is 4.74 Å². The standard InChI is InChI=1S/C15H22BrClO/c1-10(2)7-12-8-11(3)15(18-12)6-5-14(4,17)13(16)9-15/h7,12-13H,3,5-6,8-9H2,1-2,4H3/t12-,13-,14-,15+/m0/s1. The quantitative estimate of drug-likeness (QED) is 0.485. The van der Waals surface area contributed by atoms with E-state index in [2.05, 4.69) is 49.4 Å². The molecule has 4 atom stereocenters. The molecule has 0 N–H and O–H groups in total. The Hall–Kier alpha value is 0.210. The van der Waals surface area contributed by atoms with Gasteiger partial charge in [-0.05, 0) is 45.6 Å². The molecule has 2 aliphatic rings. The van der Waals surface area contributed by atoms with E-state index in [0.717, 1.165) is 25.7 Å². The monoisotopic (exact) mass is 332 g/mol. The van der Waals surface area contributed by atoms with Gasteiger partial charge in [0.2, 0.25) is 0 Å². The number of hydrogen-bond acceptors (Lipinski definition) is 1. The molecule has 1 saturated carbocycles. The number of ether oxygens (including phenoxy) is 1. The highest BCUT2D eigenvalue weighted by atomic mass is 79.9. The van der Waals surface area contributed by atoms with E-state index in [4.69, 9.17) is 16.3 Å². The van der Waals surface area contributed by atoms with Gasteiger partial charge in [-0.15, -0.1) is 11.6 Å². The Morgan fingerprint density at radius 3 is 2.72 bits per heavy atom. The van der Waals surface area contributed by atoms with Crippen molar-refractivity contribution in [1.82, 2.24) is 0 Å². The van der Waals surface area contributed by atoms with Crippen LogP contribution in [0.2, 0.25) is 0 Å². The maximum atomic E-state index is 6.51. The smallest absolute Gasteiger partial charge is 0.0910 e. The summed E-state index contributed by atoms with van der Waals surface area (Å²) in [5, 5.41) is 0. The molecular weight excluding hydrogens is 312 g/mol. The molecule has 0 amide bonds. The molecule has 2 rings (SSSR count). The van der Waals surface area contributed by atoms with Crippen LogP contribution in [0.4, 0.5) is 0 Å². The van der Waals surface area contributed by atoms with Crippen LogP contribution < -0.4 is 0 Å². The van der Waals surface area contributed by atoms with Crippen molar-refractivity contribution < 1.29 is 4.74 Å². The van der Waals surface area contributed by atoms with Crippen molar-refractivity contribution in [3.63, 3.8) is 0 Å². The summed E-state index contributed by atoms with van der Waals surface area (Å²) in [4.78, 5) is 0.117. The average Bonchev–Trinajstić information content (AvgIpc) is 2.50. The molecule has 1 spiro atoms. The van der Waals surface area contributed by atoms with Crippen molar-refractivity contribution in [2.75, 3.05) is 0 Å². The molecule has 1 aliphatic carbocycles. The van der Waals surface area contributed by atoms with E-state index < -0.39 is 0 Å². The molecule has 1 heterocycles. The molecule has 0 radical (unpaired) electrons. The minimum absolute atomic E-state index is 0.154. The van der Waals surface area contributed by atoms with Crippen LogP contribution in [0.1, 0.15) is 46.5 Å². The topological polar surface area (TPSA) is 9.23 Å². The number of alkyl halides is 2. The normalized spacial score (nSPS) is 44.4. The van der Waals surface area contributed by atoms with Gasteiger partial charge in [0.15, 0.2) is 0 Å². The third-order valence-electron chi connectivity index (χ3n) is 4.17. The first-order valence-electron chi connectivity index (χ1n) is 6.59. The molecule has 0 bridgehead atoms. The summed E-state index contributed by atoms with van der Waals surface area (Å²) in [5.74, 6) is 0. The number of rotatable bonds is 1. The number of allylic oxidation sites excluding steroid dienone is 1. The summed E-state index contributed by atoms with van der Waals surface area (Å²) in [6.45, 7) is 10.6. The summed E-state index contributed by atoms with van der Waals surface area (Å²) in [7, 11) is 0. The van der Waals surface area contributed by atoms with Crippen LogP contribution in [0.5, 0.6) is 0 Å². The maximum Gasteiger partial charge on any atom is 0.0910 e. The zero-order valence-electron chi connectivity index (χ0n) is 11.4. The summed E-state index contributed by atoms with van der Waals surface area (Å²) < 4.78 is 6.31. The van der Waals surface area contributed by atoms with Gasteiger partial charge in [0.1, 0.15) is 0 Å². The summed E-state index contributed by atoms with van der Waals surface area (Å²) in [6, 6.07) is 0. The fourth-order valence-corrected chi connectivity index (χ4v) is 3.87. The van der Waals surface area contributed by atoms with E-state index in [1.165, 1.54) is 11.1 Å². The van der Waals surface area contributed by atoms with Crippen LogP contribution in [0.25, 0.3) is 0 Å². The molecule has 18 heavy (non-hydrogen) atoms. The Morgan fingerprint density at radius 2 is 2.17 bits per heavy atom. The average molecular weight is 334 g/mol. The Morgan fingerprint density at radius 1 is 1.50 bits per heavy atom. The highest BCUT2D eigenvalue weighted by Gasteiger charge is 2.51. The van der Waals surface area contributed by atoms with E-state index in [1.807, 2.05) is 0 Å². The first kappa shape index (κ1) is 14.6. The Kier molecular flexibility index (Phi) is 4.02. The van der Waals surface area contributed by atoms with Crippen molar-refractivity contribution in [3.05, 3.63) is 23.8 Å². The molecule has 102 valence electrons. The molecule has 1 nitrogen and oxygen atoms in total. The van der Waals surface area contributed by atoms with Crippen molar-refractivity contribution in [3.8, 4) is 0 Å². The van der Waals surface area contributed by atoms with Crippen LogP contribution in [-0.4, -0.2) is 21.4 Å². The highest BCUT2D eigenvalue weighted by Crippen LogP contribution is 2.51. The molecular formula is C15H22BrClO. The van der Waals surface area contributed by atoms with Gasteiger partial charge in [0, 0.05) is 11.2 Å². The third-order valence-corrected chi connectivity index (χ3v) is 6.22. The van der Waals surface area contributed by atoms with E-state index in [9.17, 15) is 0 Å². The second-order valence-electron chi connectivity index (χ2n) is 6.15. The lowest BCUT2D eigenvalue weighted by atomic mass is 9.75. The molecule has 2 fully saturated rings. The maximum absolute atomic E-state index is 6.51. The van der Waals surface area contributed by atoms with Crippen LogP contribution >= 0.6 is 27.5 Å². The minimum Gasteiger partial charge on any atom is -0.363 e. The van der Waals surface area contributed by atoms with Gasteiger partial charge in [-0.2, -0.15) is 0 Å². The summed E-state index contributed by atoms with van der Waals surface area (Å²) >= 11 is 10.2. The predicted octanol–water partition coefficient (Wildman–Crippen LogP) is 4.98. The molecule has 1 saturated heterocycles. The van der Waals surface area contributed by atoms with Crippen molar-refractivity contribution >= 4 is 27.5 Å². The first-order valence-corrected chi connectivity index (χ1v) is 7.89. The fraction of sp³-hybridized carbons (Fsp3) is 0.733. The molecule has 0 aromatic heterocycles. The third kappa shape index (κ3) is 2.71. The lowest BCUT2D eigenvalue weighted by Crippen LogP contribution is -2.46. The van der Waals surface area contributed by atoms with Gasteiger partial charge < -0.3 is 4.74 Å².